The molecule has 2 aromatic rings. The van der Waals surface area contributed by atoms with E-state index in [1.807, 2.05) is 0 Å². The maximum absolute atomic E-state index is 12.5. The average Bonchev–Trinajstić information content (AvgIpc) is 3.12. The molecule has 1 aromatic carbocycles. The second-order valence-corrected chi connectivity index (χ2v) is 6.55. The molecule has 0 saturated carbocycles. The molecule has 0 saturated heterocycles. The van der Waals surface area contributed by atoms with Gasteiger partial charge in [-0.25, -0.2) is 9.78 Å². The summed E-state index contributed by atoms with van der Waals surface area (Å²) >= 11 is 0. The molecule has 26 heavy (non-hydrogen) atoms. The molecule has 1 atom stereocenters. The fraction of sp³-hybridized carbons (Fsp3) is 0.188. The largest absolute Gasteiger partial charge is 0.467 e. The van der Waals surface area contributed by atoms with Crippen molar-refractivity contribution in [3.8, 4) is 12.3 Å². The van der Waals surface area contributed by atoms with Crippen LogP contribution in [0.15, 0.2) is 35.6 Å². The number of aromatic nitrogens is 2. The maximum atomic E-state index is 12.5. The Morgan fingerprint density at radius 2 is 2.19 bits per heavy atom. The number of amides is 1. The van der Waals surface area contributed by atoms with Gasteiger partial charge in [0.2, 0.25) is 0 Å². The minimum atomic E-state index is -4.71. The maximum Gasteiger partial charge on any atom is 0.328 e. The summed E-state index contributed by atoms with van der Waals surface area (Å²) in [6.45, 7) is 0. The summed E-state index contributed by atoms with van der Waals surface area (Å²) in [6.07, 6.45) is 8.12. The fourth-order valence-electron chi connectivity index (χ4n) is 2.20. The lowest BCUT2D eigenvalue weighted by molar-refractivity contribution is -0.142. The van der Waals surface area contributed by atoms with Gasteiger partial charge in [0.25, 0.3) is 16.0 Å². The number of aromatic amines is 1. The van der Waals surface area contributed by atoms with Gasteiger partial charge in [-0.1, -0.05) is 5.92 Å². The molecule has 0 aliphatic carbocycles. The topological polar surface area (TPSA) is 138 Å². The SMILES string of the molecule is C#Cc1ccc(C(=O)N[C@H](Cc2cnc[nH]2)C(=O)OC)c(S(=O)(=O)O)c1. The highest BCUT2D eigenvalue weighted by molar-refractivity contribution is 7.86. The molecular weight excluding hydrogens is 362 g/mol. The normalized spacial score (nSPS) is 12.0. The van der Waals surface area contributed by atoms with Crippen LogP contribution < -0.4 is 5.32 Å². The minimum absolute atomic E-state index is 0.0437. The van der Waals surface area contributed by atoms with Crippen LogP contribution in [0.2, 0.25) is 0 Å². The van der Waals surface area contributed by atoms with E-state index in [0.29, 0.717) is 5.69 Å². The molecule has 1 amide bonds. The number of hydrogen-bond acceptors (Lipinski definition) is 6. The number of ether oxygens (including phenoxy) is 1. The van der Waals surface area contributed by atoms with E-state index < -0.39 is 32.9 Å². The van der Waals surface area contributed by atoms with Crippen molar-refractivity contribution >= 4 is 22.0 Å². The summed E-state index contributed by atoms with van der Waals surface area (Å²) in [7, 11) is -3.56. The van der Waals surface area contributed by atoms with E-state index in [4.69, 9.17) is 6.42 Å². The Morgan fingerprint density at radius 1 is 1.46 bits per heavy atom. The smallest absolute Gasteiger partial charge is 0.328 e. The predicted octanol–water partition coefficient (Wildman–Crippen LogP) is 0.152. The third kappa shape index (κ3) is 4.47. The van der Waals surface area contributed by atoms with Crippen LogP contribution in [-0.4, -0.2) is 48.0 Å². The summed E-state index contributed by atoms with van der Waals surface area (Å²) in [4.78, 5) is 30.4. The van der Waals surface area contributed by atoms with Crippen molar-refractivity contribution in [3.05, 3.63) is 47.5 Å². The molecule has 0 aliphatic heterocycles. The van der Waals surface area contributed by atoms with E-state index in [2.05, 4.69) is 25.9 Å². The van der Waals surface area contributed by atoms with Crippen LogP contribution in [-0.2, 0) is 26.1 Å². The first kappa shape index (κ1) is 19.2. The van der Waals surface area contributed by atoms with Gasteiger partial charge in [-0.2, -0.15) is 8.42 Å². The molecule has 1 heterocycles. The van der Waals surface area contributed by atoms with Crippen LogP contribution in [0.1, 0.15) is 21.6 Å². The van der Waals surface area contributed by atoms with Gasteiger partial charge >= 0.3 is 5.97 Å². The Bertz CT molecular complexity index is 960. The first-order chi connectivity index (χ1) is 12.3. The second kappa shape index (κ2) is 7.81. The van der Waals surface area contributed by atoms with Gasteiger partial charge < -0.3 is 15.0 Å². The molecule has 3 N–H and O–H groups in total. The quantitative estimate of drug-likeness (QED) is 0.370. The van der Waals surface area contributed by atoms with Crippen LogP contribution in [0.4, 0.5) is 0 Å². The fourth-order valence-corrected chi connectivity index (χ4v) is 2.92. The van der Waals surface area contributed by atoms with Gasteiger partial charge in [0, 0.05) is 23.9 Å². The highest BCUT2D eigenvalue weighted by Gasteiger charge is 2.27. The number of carbonyl (C=O) groups excluding carboxylic acids is 2. The summed E-state index contributed by atoms with van der Waals surface area (Å²) in [5.41, 5.74) is 0.361. The standard InChI is InChI=1S/C16H15N3O6S/c1-3-10-4-5-12(14(6-10)26(22,23)24)15(20)19-13(16(21)25-2)7-11-8-17-9-18-11/h1,4-6,8-9,13H,7H2,2H3,(H,17,18)(H,19,20)(H,22,23,24)/t13-/m1/s1. The number of nitrogens with zero attached hydrogens (tertiary/aromatic N) is 1. The van der Waals surface area contributed by atoms with Crippen molar-refractivity contribution in [3.63, 3.8) is 0 Å². The molecule has 1 aromatic heterocycles. The summed E-state index contributed by atoms with van der Waals surface area (Å²) in [6, 6.07) is 2.38. The lowest BCUT2D eigenvalue weighted by atomic mass is 10.1. The number of rotatable bonds is 6. The van der Waals surface area contributed by atoms with E-state index in [-0.39, 0.29) is 17.5 Å². The lowest BCUT2D eigenvalue weighted by Crippen LogP contribution is -2.43. The highest BCUT2D eigenvalue weighted by atomic mass is 32.2. The number of esters is 1. The number of hydrogen-bond donors (Lipinski definition) is 3. The van der Waals surface area contributed by atoms with E-state index in [9.17, 15) is 22.6 Å². The number of methoxy groups -OCH3 is 1. The second-order valence-electron chi connectivity index (χ2n) is 5.16. The van der Waals surface area contributed by atoms with E-state index in [1.54, 1.807) is 0 Å². The van der Waals surface area contributed by atoms with E-state index in [0.717, 1.165) is 19.2 Å². The molecule has 0 radical (unpaired) electrons. The number of H-pyrrole nitrogens is 1. The average molecular weight is 377 g/mol. The van der Waals surface area contributed by atoms with Gasteiger partial charge in [-0.05, 0) is 18.2 Å². The molecule has 10 heteroatoms. The molecule has 0 aliphatic rings. The third-order valence-electron chi connectivity index (χ3n) is 3.44. The minimum Gasteiger partial charge on any atom is -0.467 e. The van der Waals surface area contributed by atoms with Gasteiger partial charge in [0.1, 0.15) is 10.9 Å². The molecule has 136 valence electrons. The van der Waals surface area contributed by atoms with Crippen LogP contribution in [0.5, 0.6) is 0 Å². The van der Waals surface area contributed by atoms with Crippen molar-refractivity contribution in [1.82, 2.24) is 15.3 Å². The van der Waals surface area contributed by atoms with Gasteiger partial charge in [0.15, 0.2) is 0 Å². The number of carbonyl (C=O) groups is 2. The van der Waals surface area contributed by atoms with Gasteiger partial charge in [0.05, 0.1) is 19.0 Å². The van der Waals surface area contributed by atoms with Crippen LogP contribution >= 0.6 is 0 Å². The first-order valence-electron chi connectivity index (χ1n) is 7.20. The zero-order chi connectivity index (χ0) is 19.3. The predicted molar refractivity (Wildman–Crippen MR) is 89.8 cm³/mol. The Hall–Kier alpha value is -3.16. The first-order valence-corrected chi connectivity index (χ1v) is 8.64. The number of terminal acetylenes is 1. The molecule has 0 fully saturated rings. The van der Waals surface area contributed by atoms with Crippen molar-refractivity contribution in [2.75, 3.05) is 7.11 Å². The lowest BCUT2D eigenvalue weighted by Gasteiger charge is -2.16. The monoisotopic (exact) mass is 377 g/mol. The Balaban J connectivity index is 2.35. The zero-order valence-corrected chi connectivity index (χ0v) is 14.4. The zero-order valence-electron chi connectivity index (χ0n) is 13.6. The molecule has 2 rings (SSSR count). The number of benzene rings is 1. The highest BCUT2D eigenvalue weighted by Crippen LogP contribution is 2.18. The van der Waals surface area contributed by atoms with E-state index in [1.165, 1.54) is 18.6 Å². The Labute approximate surface area is 149 Å². The summed E-state index contributed by atoms with van der Waals surface area (Å²) < 4.78 is 37.1. The van der Waals surface area contributed by atoms with Gasteiger partial charge in [-0.15, -0.1) is 6.42 Å². The van der Waals surface area contributed by atoms with Crippen LogP contribution in [0, 0.1) is 12.3 Å². The van der Waals surface area contributed by atoms with E-state index >= 15 is 0 Å². The molecular formula is C16H15N3O6S. The molecule has 0 bridgehead atoms. The molecule has 0 unspecified atom stereocenters. The van der Waals surface area contributed by atoms with Crippen molar-refractivity contribution in [1.29, 1.82) is 0 Å². The van der Waals surface area contributed by atoms with Crippen molar-refractivity contribution < 1.29 is 27.3 Å². The molecule has 9 nitrogen and oxygen atoms in total. The Kier molecular flexibility index (Phi) is 5.76. The molecule has 0 spiro atoms. The van der Waals surface area contributed by atoms with Crippen LogP contribution in [0.3, 0.4) is 0 Å². The third-order valence-corrected chi connectivity index (χ3v) is 4.33. The number of nitrogens with one attached hydrogen (secondary N) is 2. The number of imidazole rings is 1. The van der Waals surface area contributed by atoms with Crippen molar-refractivity contribution in [2.24, 2.45) is 0 Å². The summed E-state index contributed by atoms with van der Waals surface area (Å²) in [5.74, 6) is 0.584. The summed E-state index contributed by atoms with van der Waals surface area (Å²) in [5, 5.41) is 2.38. The van der Waals surface area contributed by atoms with Crippen molar-refractivity contribution in [2.45, 2.75) is 17.4 Å². The Morgan fingerprint density at radius 3 is 2.73 bits per heavy atom. The van der Waals surface area contributed by atoms with Crippen LogP contribution in [0.25, 0.3) is 0 Å². The van der Waals surface area contributed by atoms with Gasteiger partial charge in [-0.3, -0.25) is 9.35 Å².